The Labute approximate surface area is 117 Å². The van der Waals surface area contributed by atoms with E-state index in [-0.39, 0.29) is 12.2 Å². The molecule has 2 aromatic rings. The molecule has 0 unspecified atom stereocenters. The number of aliphatic hydroxyl groups excluding tert-OH is 1. The van der Waals surface area contributed by atoms with Crippen molar-refractivity contribution in [3.8, 4) is 17.6 Å². The van der Waals surface area contributed by atoms with E-state index in [0.717, 1.165) is 11.3 Å². The maximum Gasteiger partial charge on any atom is 0.138 e. The Kier molecular flexibility index (Phi) is 4.75. The Balaban J connectivity index is 2.08. The van der Waals surface area contributed by atoms with Gasteiger partial charge in [-0.2, -0.15) is 0 Å². The van der Waals surface area contributed by atoms with Crippen LogP contribution < -0.4 is 4.74 Å². The molecule has 0 aliphatic heterocycles. The molecule has 0 aliphatic rings. The zero-order valence-corrected chi connectivity index (χ0v) is 11.2. The van der Waals surface area contributed by atoms with Crippen molar-refractivity contribution in [2.45, 2.75) is 13.5 Å². The van der Waals surface area contributed by atoms with E-state index in [4.69, 9.17) is 9.84 Å². The van der Waals surface area contributed by atoms with Gasteiger partial charge in [-0.1, -0.05) is 35.6 Å². The molecule has 0 amide bonds. The molecule has 102 valence electrons. The van der Waals surface area contributed by atoms with Crippen LogP contribution in [0.4, 0.5) is 4.39 Å². The van der Waals surface area contributed by atoms with Crippen LogP contribution >= 0.6 is 0 Å². The maximum absolute atomic E-state index is 13.5. The quantitative estimate of drug-likeness (QED) is 0.869. The molecule has 3 heteroatoms. The van der Waals surface area contributed by atoms with Gasteiger partial charge in [0, 0.05) is 0 Å². The summed E-state index contributed by atoms with van der Waals surface area (Å²) in [4.78, 5) is 0. The molecule has 20 heavy (non-hydrogen) atoms. The normalized spacial score (nSPS) is 9.75. The molecule has 0 fully saturated rings. The van der Waals surface area contributed by atoms with Crippen molar-refractivity contribution in [2.24, 2.45) is 0 Å². The number of benzene rings is 2. The van der Waals surface area contributed by atoms with E-state index in [1.54, 1.807) is 12.1 Å². The largest absolute Gasteiger partial charge is 0.489 e. The van der Waals surface area contributed by atoms with Gasteiger partial charge in [0.05, 0.1) is 5.56 Å². The van der Waals surface area contributed by atoms with E-state index in [0.29, 0.717) is 6.61 Å². The van der Waals surface area contributed by atoms with Crippen LogP contribution in [0.2, 0.25) is 0 Å². The van der Waals surface area contributed by atoms with Crippen LogP contribution in [0.15, 0.2) is 42.5 Å². The van der Waals surface area contributed by atoms with Gasteiger partial charge in [0.15, 0.2) is 0 Å². The summed E-state index contributed by atoms with van der Waals surface area (Å²) in [6.45, 7) is 2.07. The second-order valence-electron chi connectivity index (χ2n) is 4.38. The maximum atomic E-state index is 13.5. The van der Waals surface area contributed by atoms with Gasteiger partial charge in [-0.3, -0.25) is 0 Å². The molecule has 0 atom stereocenters. The van der Waals surface area contributed by atoms with Crippen LogP contribution in [0.3, 0.4) is 0 Å². The first-order valence-electron chi connectivity index (χ1n) is 6.26. The third-order valence-corrected chi connectivity index (χ3v) is 2.76. The van der Waals surface area contributed by atoms with Gasteiger partial charge < -0.3 is 9.84 Å². The predicted molar refractivity (Wildman–Crippen MR) is 75.9 cm³/mol. The van der Waals surface area contributed by atoms with Gasteiger partial charge in [0.2, 0.25) is 0 Å². The number of hydrogen-bond donors (Lipinski definition) is 1. The number of hydrogen-bond acceptors (Lipinski definition) is 2. The molecule has 0 saturated carbocycles. The smallest absolute Gasteiger partial charge is 0.138 e. The molecular weight excluding hydrogens is 255 g/mol. The molecular formula is C17H15FO2. The predicted octanol–water partition coefficient (Wildman–Crippen LogP) is 3.06. The Morgan fingerprint density at radius 3 is 2.60 bits per heavy atom. The number of aliphatic hydroxyl groups is 1. The van der Waals surface area contributed by atoms with Crippen molar-refractivity contribution in [3.05, 3.63) is 65.0 Å². The van der Waals surface area contributed by atoms with Crippen molar-refractivity contribution in [1.29, 1.82) is 0 Å². The lowest BCUT2D eigenvalue weighted by Gasteiger charge is -2.07. The summed E-state index contributed by atoms with van der Waals surface area (Å²) in [6.07, 6.45) is 0. The SMILES string of the molecule is Cc1ccc(OCc2ccc(F)c(C#CCO)c2)cc1. The van der Waals surface area contributed by atoms with Gasteiger partial charge in [0.25, 0.3) is 0 Å². The summed E-state index contributed by atoms with van der Waals surface area (Å²) in [7, 11) is 0. The summed E-state index contributed by atoms with van der Waals surface area (Å²) in [5.41, 5.74) is 2.26. The van der Waals surface area contributed by atoms with Crippen molar-refractivity contribution >= 4 is 0 Å². The van der Waals surface area contributed by atoms with Gasteiger partial charge >= 0.3 is 0 Å². The molecule has 2 aromatic carbocycles. The average Bonchev–Trinajstić information content (AvgIpc) is 2.46. The highest BCUT2D eigenvalue weighted by Crippen LogP contribution is 2.15. The average molecular weight is 270 g/mol. The molecule has 2 rings (SSSR count). The first kappa shape index (κ1) is 14.1. The third-order valence-electron chi connectivity index (χ3n) is 2.76. The second kappa shape index (κ2) is 6.74. The topological polar surface area (TPSA) is 29.5 Å². The Bertz CT molecular complexity index is 636. The van der Waals surface area contributed by atoms with Gasteiger partial charge in [-0.25, -0.2) is 4.39 Å². The summed E-state index contributed by atoms with van der Waals surface area (Å²) in [6, 6.07) is 12.4. The molecule has 1 N–H and O–H groups in total. The minimum Gasteiger partial charge on any atom is -0.489 e. The first-order valence-corrected chi connectivity index (χ1v) is 6.26. The summed E-state index contributed by atoms with van der Waals surface area (Å²) < 4.78 is 19.1. The Morgan fingerprint density at radius 2 is 1.90 bits per heavy atom. The van der Waals surface area contributed by atoms with E-state index in [1.807, 2.05) is 31.2 Å². The van der Waals surface area contributed by atoms with Crippen molar-refractivity contribution in [1.82, 2.24) is 0 Å². The summed E-state index contributed by atoms with van der Waals surface area (Å²) in [5.74, 6) is 5.38. The minimum atomic E-state index is -0.398. The van der Waals surface area contributed by atoms with Crippen LogP contribution in [0.5, 0.6) is 5.75 Å². The summed E-state index contributed by atoms with van der Waals surface area (Å²) >= 11 is 0. The third kappa shape index (κ3) is 3.84. The van der Waals surface area contributed by atoms with Gasteiger partial charge in [-0.05, 0) is 36.8 Å². The molecule has 0 aromatic heterocycles. The molecule has 0 heterocycles. The van der Waals surface area contributed by atoms with Crippen molar-refractivity contribution in [2.75, 3.05) is 6.61 Å². The molecule has 0 saturated heterocycles. The van der Waals surface area contributed by atoms with E-state index < -0.39 is 5.82 Å². The number of ether oxygens (including phenoxy) is 1. The highest BCUT2D eigenvalue weighted by Gasteiger charge is 2.02. The number of rotatable bonds is 3. The van der Waals surface area contributed by atoms with Crippen LogP contribution in [-0.4, -0.2) is 11.7 Å². The number of halogens is 1. The standard InChI is InChI=1S/C17H15FO2/c1-13-4-7-16(8-5-13)20-12-14-6-9-17(18)15(11-14)3-2-10-19/h4-9,11,19H,10,12H2,1H3. The lowest BCUT2D eigenvalue weighted by Crippen LogP contribution is -1.97. The zero-order chi connectivity index (χ0) is 14.4. The van der Waals surface area contributed by atoms with Crippen LogP contribution in [0.1, 0.15) is 16.7 Å². The lowest BCUT2D eigenvalue weighted by molar-refractivity contribution is 0.306. The molecule has 0 spiro atoms. The fraction of sp³-hybridized carbons (Fsp3) is 0.176. The fourth-order valence-electron chi connectivity index (χ4n) is 1.69. The monoisotopic (exact) mass is 270 g/mol. The van der Waals surface area contributed by atoms with Crippen LogP contribution in [-0.2, 0) is 6.61 Å². The Hall–Kier alpha value is -2.31. The molecule has 0 bridgehead atoms. The fourth-order valence-corrected chi connectivity index (χ4v) is 1.69. The van der Waals surface area contributed by atoms with E-state index in [1.165, 1.54) is 11.6 Å². The summed E-state index contributed by atoms with van der Waals surface area (Å²) in [5, 5.41) is 8.64. The molecule has 2 nitrogen and oxygen atoms in total. The molecule has 0 aliphatic carbocycles. The van der Waals surface area contributed by atoms with Gasteiger partial charge in [0.1, 0.15) is 24.8 Å². The Morgan fingerprint density at radius 1 is 1.15 bits per heavy atom. The molecule has 0 radical (unpaired) electrons. The van der Waals surface area contributed by atoms with E-state index in [9.17, 15) is 4.39 Å². The van der Waals surface area contributed by atoms with Gasteiger partial charge in [-0.15, -0.1) is 0 Å². The minimum absolute atomic E-state index is 0.268. The lowest BCUT2D eigenvalue weighted by atomic mass is 10.1. The van der Waals surface area contributed by atoms with Crippen molar-refractivity contribution < 1.29 is 14.2 Å². The van der Waals surface area contributed by atoms with E-state index in [2.05, 4.69) is 11.8 Å². The van der Waals surface area contributed by atoms with Crippen LogP contribution in [0.25, 0.3) is 0 Å². The highest BCUT2D eigenvalue weighted by molar-refractivity contribution is 5.38. The van der Waals surface area contributed by atoms with Crippen molar-refractivity contribution in [3.63, 3.8) is 0 Å². The highest BCUT2D eigenvalue weighted by atomic mass is 19.1. The first-order chi connectivity index (χ1) is 9.69. The van der Waals surface area contributed by atoms with E-state index >= 15 is 0 Å². The zero-order valence-electron chi connectivity index (χ0n) is 11.2. The second-order valence-corrected chi connectivity index (χ2v) is 4.38. The number of aryl methyl sites for hydroxylation is 1. The van der Waals surface area contributed by atoms with Crippen LogP contribution in [0, 0.1) is 24.6 Å².